The Balaban J connectivity index is 3.22. The van der Waals surface area contributed by atoms with Crippen molar-refractivity contribution >= 4 is 11.6 Å². The molecule has 0 aliphatic rings. The summed E-state index contributed by atoms with van der Waals surface area (Å²) in [7, 11) is 0. The van der Waals surface area contributed by atoms with Gasteiger partial charge in [0, 0.05) is 5.54 Å². The quantitative estimate of drug-likeness (QED) is 0.480. The van der Waals surface area contributed by atoms with Crippen LogP contribution in [-0.2, 0) is 0 Å². The Morgan fingerprint density at radius 1 is 1.83 bits per heavy atom. The molecule has 0 radical (unpaired) electrons. The van der Waals surface area contributed by atoms with E-state index in [1.807, 2.05) is 6.92 Å². The van der Waals surface area contributed by atoms with Crippen LogP contribution in [-0.4, -0.2) is 0 Å². The molecule has 0 nitrogen and oxygen atoms in total. The first-order chi connectivity index (χ1) is 2.81. The van der Waals surface area contributed by atoms with Crippen molar-refractivity contribution in [2.75, 3.05) is 0 Å². The second-order valence-electron chi connectivity index (χ2n) is 1.31. The van der Waals surface area contributed by atoms with E-state index in [-0.39, 0.29) is 0 Å². The number of allylic oxidation sites excluding steroid dienone is 1. The Labute approximate surface area is 43.8 Å². The summed E-state index contributed by atoms with van der Waals surface area (Å²) < 4.78 is 0. The molecule has 0 bridgehead atoms. The van der Waals surface area contributed by atoms with E-state index in [2.05, 4.69) is 6.92 Å². The third-order valence-electron chi connectivity index (χ3n) is 0.744. The molecular weight excluding hydrogens is 95.5 g/mol. The van der Waals surface area contributed by atoms with Gasteiger partial charge in [-0.05, 0) is 13.3 Å². The van der Waals surface area contributed by atoms with Crippen LogP contribution in [0.25, 0.3) is 0 Å². The largest absolute Gasteiger partial charge is 0.0930 e. The average molecular weight is 105 g/mol. The smallest absolute Gasteiger partial charge is 0.00315 e. The lowest BCUT2D eigenvalue weighted by atomic mass is 10.3. The van der Waals surface area contributed by atoms with Crippen LogP contribution in [0, 0.1) is 0 Å². The van der Waals surface area contributed by atoms with E-state index in [0.717, 1.165) is 6.42 Å². The molecule has 0 aromatic rings. The van der Waals surface area contributed by atoms with Gasteiger partial charge in [-0.3, -0.25) is 0 Å². The van der Waals surface area contributed by atoms with Crippen LogP contribution in [0.15, 0.2) is 11.1 Å². The molecule has 0 fully saturated rings. The van der Waals surface area contributed by atoms with Gasteiger partial charge in [0.05, 0.1) is 0 Å². The summed E-state index contributed by atoms with van der Waals surface area (Å²) in [5.74, 6) is 0. The molecule has 1 heteroatoms. The Kier molecular flexibility index (Phi) is 3.24. The summed E-state index contributed by atoms with van der Waals surface area (Å²) in [6.45, 7) is 4.08. The highest BCUT2D eigenvalue weighted by Gasteiger charge is 1.74. The minimum Gasteiger partial charge on any atom is -0.0930 e. The van der Waals surface area contributed by atoms with Gasteiger partial charge in [-0.15, -0.1) is 0 Å². The fraction of sp³-hybridized carbons (Fsp3) is 0.600. The van der Waals surface area contributed by atoms with Gasteiger partial charge in [0.25, 0.3) is 0 Å². The van der Waals surface area contributed by atoms with Gasteiger partial charge in [-0.25, -0.2) is 0 Å². The maximum Gasteiger partial charge on any atom is 0.00315 e. The first-order valence-corrected chi connectivity index (χ1v) is 2.50. The van der Waals surface area contributed by atoms with Crippen molar-refractivity contribution in [3.63, 3.8) is 0 Å². The maximum atomic E-state index is 5.29. The van der Waals surface area contributed by atoms with Crippen molar-refractivity contribution in [1.29, 1.82) is 0 Å². The molecule has 0 amide bonds. The van der Waals surface area contributed by atoms with Crippen molar-refractivity contribution in [2.45, 2.75) is 20.3 Å². The Bertz CT molecular complexity index is 55.0. The zero-order valence-electron chi connectivity index (χ0n) is 4.16. The molecule has 36 valence electrons. The van der Waals surface area contributed by atoms with Gasteiger partial charge in [-0.1, -0.05) is 24.1 Å². The minimum atomic E-state index is 1.06. The van der Waals surface area contributed by atoms with Gasteiger partial charge in [0.1, 0.15) is 0 Å². The lowest BCUT2D eigenvalue weighted by Gasteiger charge is -1.83. The van der Waals surface area contributed by atoms with E-state index in [0.29, 0.717) is 0 Å². The molecule has 0 N–H and O–H groups in total. The van der Waals surface area contributed by atoms with Gasteiger partial charge >= 0.3 is 0 Å². The molecular formula is C5H9Cl. The fourth-order valence-corrected chi connectivity index (χ4v) is 0.231. The maximum absolute atomic E-state index is 5.29. The van der Waals surface area contributed by atoms with Crippen LogP contribution < -0.4 is 0 Å². The van der Waals surface area contributed by atoms with Crippen LogP contribution in [0.1, 0.15) is 20.3 Å². The normalized spacial score (nSPS) is 12.2. The SMILES string of the molecule is CCC(C)=CCl. The molecule has 0 rings (SSSR count). The van der Waals surface area contributed by atoms with E-state index >= 15 is 0 Å². The third-order valence-corrected chi connectivity index (χ3v) is 1.12. The van der Waals surface area contributed by atoms with Crippen molar-refractivity contribution in [2.24, 2.45) is 0 Å². The van der Waals surface area contributed by atoms with Crippen molar-refractivity contribution in [1.82, 2.24) is 0 Å². The Morgan fingerprint density at radius 2 is 2.33 bits per heavy atom. The molecule has 0 atom stereocenters. The molecule has 0 saturated carbocycles. The second kappa shape index (κ2) is 3.23. The zero-order chi connectivity index (χ0) is 4.99. The summed E-state index contributed by atoms with van der Waals surface area (Å²) in [6, 6.07) is 0. The van der Waals surface area contributed by atoms with E-state index in [9.17, 15) is 0 Å². The molecule has 6 heavy (non-hydrogen) atoms. The molecule has 0 aromatic heterocycles. The lowest BCUT2D eigenvalue weighted by Crippen LogP contribution is -1.62. The zero-order valence-corrected chi connectivity index (χ0v) is 4.92. The highest BCUT2D eigenvalue weighted by Crippen LogP contribution is 1.97. The monoisotopic (exact) mass is 104 g/mol. The van der Waals surface area contributed by atoms with Gasteiger partial charge in [-0.2, -0.15) is 0 Å². The van der Waals surface area contributed by atoms with Crippen molar-refractivity contribution in [3.8, 4) is 0 Å². The first-order valence-electron chi connectivity index (χ1n) is 2.07. The van der Waals surface area contributed by atoms with Gasteiger partial charge in [0.2, 0.25) is 0 Å². The second-order valence-corrected chi connectivity index (χ2v) is 1.53. The van der Waals surface area contributed by atoms with E-state index in [1.54, 1.807) is 5.54 Å². The summed E-state index contributed by atoms with van der Waals surface area (Å²) in [6.07, 6.45) is 1.06. The van der Waals surface area contributed by atoms with Crippen LogP contribution in [0.2, 0.25) is 0 Å². The van der Waals surface area contributed by atoms with E-state index < -0.39 is 0 Å². The predicted octanol–water partition coefficient (Wildman–Crippen LogP) is 2.54. The minimum absolute atomic E-state index is 1.06. The topological polar surface area (TPSA) is 0 Å². The number of hydrogen-bond acceptors (Lipinski definition) is 0. The molecule has 0 aliphatic carbocycles. The predicted molar refractivity (Wildman–Crippen MR) is 29.9 cm³/mol. The number of rotatable bonds is 1. The molecule has 0 heterocycles. The summed E-state index contributed by atoms with van der Waals surface area (Å²) in [5, 5.41) is 0. The third kappa shape index (κ3) is 2.28. The number of halogens is 1. The van der Waals surface area contributed by atoms with E-state index in [4.69, 9.17) is 11.6 Å². The lowest BCUT2D eigenvalue weighted by molar-refractivity contribution is 1.11. The van der Waals surface area contributed by atoms with E-state index in [1.165, 1.54) is 5.57 Å². The molecule has 0 spiro atoms. The summed E-state index contributed by atoms with van der Waals surface area (Å²) in [4.78, 5) is 0. The summed E-state index contributed by atoms with van der Waals surface area (Å²) in [5.41, 5.74) is 2.84. The average Bonchev–Trinajstić information content (AvgIpc) is 1.65. The highest BCUT2D eigenvalue weighted by atomic mass is 35.5. The fourth-order valence-electron chi connectivity index (χ4n) is 0.0772. The van der Waals surface area contributed by atoms with Crippen LogP contribution >= 0.6 is 11.6 Å². The highest BCUT2D eigenvalue weighted by molar-refractivity contribution is 6.25. The van der Waals surface area contributed by atoms with Crippen LogP contribution in [0.5, 0.6) is 0 Å². The Morgan fingerprint density at radius 3 is 2.33 bits per heavy atom. The Hall–Kier alpha value is 0.0300. The standard InChI is InChI=1S/C5H9Cl/c1-3-5(2)4-6/h4H,3H2,1-2H3. The number of hydrogen-bond donors (Lipinski definition) is 0. The summed E-state index contributed by atoms with van der Waals surface area (Å²) >= 11 is 5.29. The first kappa shape index (κ1) is 6.03. The molecule has 0 aliphatic heterocycles. The molecule has 0 aromatic carbocycles. The van der Waals surface area contributed by atoms with Gasteiger partial charge < -0.3 is 0 Å². The molecule has 0 unspecified atom stereocenters. The van der Waals surface area contributed by atoms with Crippen LogP contribution in [0.4, 0.5) is 0 Å². The van der Waals surface area contributed by atoms with Crippen molar-refractivity contribution in [3.05, 3.63) is 11.1 Å². The molecule has 0 saturated heterocycles. The van der Waals surface area contributed by atoms with Crippen molar-refractivity contribution < 1.29 is 0 Å². The van der Waals surface area contributed by atoms with Crippen LogP contribution in [0.3, 0.4) is 0 Å². The van der Waals surface area contributed by atoms with Gasteiger partial charge in [0.15, 0.2) is 0 Å².